The molecule has 0 saturated heterocycles. The number of aromatic hydroxyl groups is 1. The van der Waals surface area contributed by atoms with Crippen LogP contribution in [0.1, 0.15) is 21.5 Å². The molecule has 0 aliphatic carbocycles. The molecular formula is C15H15N3O3. The van der Waals surface area contributed by atoms with E-state index in [0.717, 1.165) is 0 Å². The molecule has 0 spiro atoms. The predicted octanol–water partition coefficient (Wildman–Crippen LogP) is 2.05. The van der Waals surface area contributed by atoms with Crippen LogP contribution in [0.4, 0.5) is 5.69 Å². The quantitative estimate of drug-likeness (QED) is 0.299. The van der Waals surface area contributed by atoms with Gasteiger partial charge >= 0.3 is 0 Å². The van der Waals surface area contributed by atoms with Crippen LogP contribution in [0.5, 0.6) is 5.75 Å². The number of aryl methyl sites for hydroxylation is 1. The highest BCUT2D eigenvalue weighted by atomic mass is 16.4. The van der Waals surface area contributed by atoms with E-state index in [4.69, 9.17) is 10.9 Å². The van der Waals surface area contributed by atoms with Crippen molar-refractivity contribution in [1.29, 1.82) is 0 Å². The average molecular weight is 285 g/mol. The van der Waals surface area contributed by atoms with Gasteiger partial charge in [0.2, 0.25) is 0 Å². The van der Waals surface area contributed by atoms with E-state index < -0.39 is 0 Å². The zero-order valence-electron chi connectivity index (χ0n) is 11.4. The maximum absolute atomic E-state index is 12.2. The third-order valence-electron chi connectivity index (χ3n) is 2.98. The van der Waals surface area contributed by atoms with Gasteiger partial charge in [-0.25, -0.2) is 0 Å². The molecule has 0 fully saturated rings. The maximum Gasteiger partial charge on any atom is 0.255 e. The molecule has 0 atom stereocenters. The number of phenolic OH excluding ortho intramolecular Hbond substituents is 1. The lowest BCUT2D eigenvalue weighted by Crippen LogP contribution is -2.16. The monoisotopic (exact) mass is 285 g/mol. The molecule has 108 valence electrons. The lowest BCUT2D eigenvalue weighted by atomic mass is 10.1. The fourth-order valence-electron chi connectivity index (χ4n) is 1.92. The number of phenols is 1. The molecule has 1 amide bonds. The second-order valence-electron chi connectivity index (χ2n) is 4.52. The smallest absolute Gasteiger partial charge is 0.255 e. The Labute approximate surface area is 121 Å². The van der Waals surface area contributed by atoms with Gasteiger partial charge in [-0.3, -0.25) is 4.79 Å². The van der Waals surface area contributed by atoms with E-state index in [1.54, 1.807) is 37.3 Å². The number of anilines is 1. The topological polar surface area (TPSA) is 108 Å². The molecule has 2 rings (SSSR count). The van der Waals surface area contributed by atoms with Crippen LogP contribution in [0.2, 0.25) is 0 Å². The summed E-state index contributed by atoms with van der Waals surface area (Å²) in [5, 5.41) is 23.6. The molecule has 0 aromatic heterocycles. The Morgan fingerprint density at radius 2 is 2.00 bits per heavy atom. The lowest BCUT2D eigenvalue weighted by molar-refractivity contribution is 0.102. The number of nitrogens with two attached hydrogens (primary N) is 1. The number of carbonyl (C=O) groups is 1. The van der Waals surface area contributed by atoms with Crippen LogP contribution < -0.4 is 11.1 Å². The summed E-state index contributed by atoms with van der Waals surface area (Å²) in [4.78, 5) is 12.2. The first-order valence-corrected chi connectivity index (χ1v) is 6.20. The van der Waals surface area contributed by atoms with E-state index in [1.807, 2.05) is 0 Å². The summed E-state index contributed by atoms with van der Waals surface area (Å²) < 4.78 is 0. The molecule has 6 nitrogen and oxygen atoms in total. The molecule has 6 heteroatoms. The fourth-order valence-corrected chi connectivity index (χ4v) is 1.92. The molecule has 0 saturated carbocycles. The van der Waals surface area contributed by atoms with Gasteiger partial charge in [-0.05, 0) is 42.8 Å². The Morgan fingerprint density at radius 1 is 1.24 bits per heavy atom. The molecule has 0 unspecified atom stereocenters. The predicted molar refractivity (Wildman–Crippen MR) is 79.7 cm³/mol. The second-order valence-corrected chi connectivity index (χ2v) is 4.52. The highest BCUT2D eigenvalue weighted by molar-refractivity contribution is 6.06. The number of nitrogens with zero attached hydrogens (tertiary/aromatic N) is 1. The summed E-state index contributed by atoms with van der Waals surface area (Å²) in [5.74, 6) is -0.228. The molecule has 2 aromatic carbocycles. The van der Waals surface area contributed by atoms with Gasteiger partial charge < -0.3 is 21.4 Å². The number of carbonyl (C=O) groups excluding carboxylic acids is 1. The summed E-state index contributed by atoms with van der Waals surface area (Å²) in [7, 11) is 0. The zero-order chi connectivity index (χ0) is 15.4. The highest BCUT2D eigenvalue weighted by Crippen LogP contribution is 2.18. The highest BCUT2D eigenvalue weighted by Gasteiger charge is 2.10. The summed E-state index contributed by atoms with van der Waals surface area (Å²) in [6.07, 6.45) is 0. The van der Waals surface area contributed by atoms with E-state index in [1.165, 1.54) is 12.1 Å². The number of amidine groups is 1. The third-order valence-corrected chi connectivity index (χ3v) is 2.98. The van der Waals surface area contributed by atoms with Crippen molar-refractivity contribution in [3.8, 4) is 5.75 Å². The van der Waals surface area contributed by atoms with Crippen molar-refractivity contribution in [2.24, 2.45) is 10.9 Å². The summed E-state index contributed by atoms with van der Waals surface area (Å²) in [5.41, 5.74) is 7.65. The molecule has 0 bridgehead atoms. The molecule has 0 radical (unpaired) electrons. The molecule has 0 aliphatic heterocycles. The Balaban J connectivity index is 2.23. The van der Waals surface area contributed by atoms with E-state index in [0.29, 0.717) is 22.4 Å². The Hall–Kier alpha value is -3.02. The Kier molecular flexibility index (Phi) is 4.08. The van der Waals surface area contributed by atoms with Crippen molar-refractivity contribution < 1.29 is 15.1 Å². The summed E-state index contributed by atoms with van der Waals surface area (Å²) >= 11 is 0. The molecule has 5 N–H and O–H groups in total. The van der Waals surface area contributed by atoms with E-state index >= 15 is 0 Å². The van der Waals surface area contributed by atoms with Gasteiger partial charge in [0.05, 0.1) is 0 Å². The van der Waals surface area contributed by atoms with Crippen LogP contribution in [0, 0.1) is 6.92 Å². The lowest BCUT2D eigenvalue weighted by Gasteiger charge is -2.09. The van der Waals surface area contributed by atoms with E-state index in [9.17, 15) is 9.90 Å². The van der Waals surface area contributed by atoms with Crippen LogP contribution in [0.3, 0.4) is 0 Å². The third kappa shape index (κ3) is 3.30. The number of hydrogen-bond donors (Lipinski definition) is 4. The molecule has 2 aromatic rings. The first-order chi connectivity index (χ1) is 10.0. The summed E-state index contributed by atoms with van der Waals surface area (Å²) in [6, 6.07) is 11.2. The maximum atomic E-state index is 12.2. The first-order valence-electron chi connectivity index (χ1n) is 6.20. The minimum Gasteiger partial charge on any atom is -0.508 e. The zero-order valence-corrected chi connectivity index (χ0v) is 11.4. The average Bonchev–Trinajstić information content (AvgIpc) is 2.46. The second kappa shape index (κ2) is 5.96. The fraction of sp³-hybridized carbons (Fsp3) is 0.0667. The number of benzene rings is 2. The first kappa shape index (κ1) is 14.4. The van der Waals surface area contributed by atoms with Gasteiger partial charge in [0.25, 0.3) is 5.91 Å². The van der Waals surface area contributed by atoms with Crippen LogP contribution in [-0.4, -0.2) is 22.1 Å². The normalized spacial score (nSPS) is 11.2. The number of nitrogens with one attached hydrogen (secondary N) is 1. The van der Waals surface area contributed by atoms with Crippen molar-refractivity contribution in [3.05, 3.63) is 59.2 Å². The summed E-state index contributed by atoms with van der Waals surface area (Å²) in [6.45, 7) is 1.74. The van der Waals surface area contributed by atoms with Crippen LogP contribution >= 0.6 is 0 Å². The van der Waals surface area contributed by atoms with Gasteiger partial charge in [-0.1, -0.05) is 17.3 Å². The molecule has 0 heterocycles. The van der Waals surface area contributed by atoms with Crippen LogP contribution in [-0.2, 0) is 0 Å². The van der Waals surface area contributed by atoms with Crippen molar-refractivity contribution in [3.63, 3.8) is 0 Å². The van der Waals surface area contributed by atoms with Gasteiger partial charge in [0, 0.05) is 16.8 Å². The van der Waals surface area contributed by atoms with E-state index in [2.05, 4.69) is 10.5 Å². The largest absolute Gasteiger partial charge is 0.508 e. The van der Waals surface area contributed by atoms with E-state index in [-0.39, 0.29) is 17.5 Å². The minimum atomic E-state index is -0.302. The molecular weight excluding hydrogens is 270 g/mol. The van der Waals surface area contributed by atoms with Crippen molar-refractivity contribution in [1.82, 2.24) is 0 Å². The van der Waals surface area contributed by atoms with Crippen molar-refractivity contribution in [2.45, 2.75) is 6.92 Å². The Morgan fingerprint density at radius 3 is 2.67 bits per heavy atom. The van der Waals surface area contributed by atoms with Gasteiger partial charge in [-0.15, -0.1) is 0 Å². The number of hydrogen-bond acceptors (Lipinski definition) is 4. The van der Waals surface area contributed by atoms with Gasteiger partial charge in [0.15, 0.2) is 5.84 Å². The SMILES string of the molecule is Cc1cc(O)ccc1C(=O)Nc1cccc(/C(N)=N/O)c1. The van der Waals surface area contributed by atoms with Gasteiger partial charge in [0.1, 0.15) is 5.75 Å². The number of amides is 1. The van der Waals surface area contributed by atoms with Crippen LogP contribution in [0.15, 0.2) is 47.6 Å². The van der Waals surface area contributed by atoms with Crippen molar-refractivity contribution >= 4 is 17.4 Å². The number of oxime groups is 1. The molecule has 21 heavy (non-hydrogen) atoms. The van der Waals surface area contributed by atoms with Gasteiger partial charge in [-0.2, -0.15) is 0 Å². The minimum absolute atomic E-state index is 0.0353. The Bertz CT molecular complexity index is 711. The van der Waals surface area contributed by atoms with Crippen LogP contribution in [0.25, 0.3) is 0 Å². The standard InChI is InChI=1S/C15H15N3O3/c1-9-7-12(19)5-6-13(9)15(20)17-11-4-2-3-10(8-11)14(16)18-21/h2-8,19,21H,1H3,(H2,16,18)(H,17,20). The number of rotatable bonds is 3. The van der Waals surface area contributed by atoms with Crippen molar-refractivity contribution in [2.75, 3.05) is 5.32 Å². The molecule has 0 aliphatic rings.